The van der Waals surface area contributed by atoms with Gasteiger partial charge in [0.1, 0.15) is 12.1 Å². The van der Waals surface area contributed by atoms with Crippen LogP contribution in [0.1, 0.15) is 25.3 Å². The number of aromatic nitrogens is 2. The zero-order chi connectivity index (χ0) is 16.8. The van der Waals surface area contributed by atoms with Gasteiger partial charge in [-0.2, -0.15) is 9.78 Å². The second-order valence-electron chi connectivity index (χ2n) is 5.43. The Labute approximate surface area is 140 Å². The van der Waals surface area contributed by atoms with Crippen molar-refractivity contribution in [1.82, 2.24) is 9.66 Å². The van der Waals surface area contributed by atoms with Gasteiger partial charge in [-0.15, -0.1) is 0 Å². The summed E-state index contributed by atoms with van der Waals surface area (Å²) in [5.41, 5.74) is 1.37. The number of rotatable bonds is 6. The molecule has 0 fully saturated rings. The molecule has 0 unspecified atom stereocenters. The number of nitrogens with zero attached hydrogens (tertiary/aromatic N) is 3. The van der Waals surface area contributed by atoms with Gasteiger partial charge in [-0.05, 0) is 48.4 Å². The van der Waals surface area contributed by atoms with E-state index in [0.29, 0.717) is 10.9 Å². The smallest absolute Gasteiger partial charge is 0.281 e. The third-order valence-electron chi connectivity index (χ3n) is 3.63. The van der Waals surface area contributed by atoms with Crippen molar-refractivity contribution in [3.05, 3.63) is 70.8 Å². The Hall–Kier alpha value is -2.95. The summed E-state index contributed by atoms with van der Waals surface area (Å²) in [7, 11) is 0. The van der Waals surface area contributed by atoms with E-state index < -0.39 is 0 Å². The number of unbranched alkanes of at least 4 members (excludes halogenated alkanes) is 1. The Morgan fingerprint density at radius 2 is 1.96 bits per heavy atom. The summed E-state index contributed by atoms with van der Waals surface area (Å²) in [6.07, 6.45) is 5.22. The van der Waals surface area contributed by atoms with E-state index in [4.69, 9.17) is 4.74 Å². The van der Waals surface area contributed by atoms with Crippen LogP contribution in [0.5, 0.6) is 5.75 Å². The average Bonchev–Trinajstić information content (AvgIpc) is 2.63. The summed E-state index contributed by atoms with van der Waals surface area (Å²) in [4.78, 5) is 16.6. The highest BCUT2D eigenvalue weighted by Gasteiger charge is 2.01. The molecule has 122 valence electrons. The summed E-state index contributed by atoms with van der Waals surface area (Å²) < 4.78 is 6.87. The van der Waals surface area contributed by atoms with Gasteiger partial charge in [0.15, 0.2) is 0 Å². The maximum Gasteiger partial charge on any atom is 0.281 e. The van der Waals surface area contributed by atoms with Crippen molar-refractivity contribution in [2.24, 2.45) is 5.10 Å². The van der Waals surface area contributed by atoms with Crippen molar-refractivity contribution in [1.29, 1.82) is 0 Å². The lowest BCUT2D eigenvalue weighted by atomic mass is 10.2. The molecular formula is C19H19N3O2. The molecule has 0 amide bonds. The molecule has 3 rings (SSSR count). The lowest BCUT2D eigenvalue weighted by molar-refractivity contribution is 0.309. The second kappa shape index (κ2) is 7.55. The van der Waals surface area contributed by atoms with E-state index in [2.05, 4.69) is 17.0 Å². The van der Waals surface area contributed by atoms with Gasteiger partial charge in [0.05, 0.1) is 23.7 Å². The third-order valence-corrected chi connectivity index (χ3v) is 3.63. The summed E-state index contributed by atoms with van der Waals surface area (Å²) >= 11 is 0. The molecule has 0 bridgehead atoms. The standard InChI is InChI=1S/C19H19N3O2/c1-2-3-12-24-16-10-8-15(9-11-16)13-21-22-14-20-18-7-5-4-6-17(18)19(22)23/h4-11,13-14H,2-3,12H2,1H3/b21-13-. The molecule has 0 aliphatic carbocycles. The number of ether oxygens (including phenoxy) is 1. The lowest BCUT2D eigenvalue weighted by Crippen LogP contribution is -2.16. The van der Waals surface area contributed by atoms with Crippen molar-refractivity contribution in [3.8, 4) is 5.75 Å². The maximum atomic E-state index is 12.3. The van der Waals surface area contributed by atoms with Crippen LogP contribution < -0.4 is 10.3 Å². The van der Waals surface area contributed by atoms with Crippen molar-refractivity contribution in [2.75, 3.05) is 6.61 Å². The maximum absolute atomic E-state index is 12.3. The summed E-state index contributed by atoms with van der Waals surface area (Å²) in [5.74, 6) is 0.838. The molecule has 0 saturated carbocycles. The Balaban J connectivity index is 1.76. The normalized spacial score (nSPS) is 11.2. The molecule has 0 saturated heterocycles. The molecule has 0 aliphatic heterocycles. The first-order valence-corrected chi connectivity index (χ1v) is 8.01. The second-order valence-corrected chi connectivity index (χ2v) is 5.43. The van der Waals surface area contributed by atoms with E-state index in [9.17, 15) is 4.79 Å². The van der Waals surface area contributed by atoms with Crippen molar-refractivity contribution in [3.63, 3.8) is 0 Å². The molecule has 2 aromatic carbocycles. The van der Waals surface area contributed by atoms with E-state index in [-0.39, 0.29) is 5.56 Å². The zero-order valence-electron chi connectivity index (χ0n) is 13.6. The van der Waals surface area contributed by atoms with Crippen LogP contribution in [-0.4, -0.2) is 22.5 Å². The molecule has 0 spiro atoms. The molecule has 5 heteroatoms. The minimum atomic E-state index is -0.184. The Kier molecular flexibility index (Phi) is 5.01. The zero-order valence-corrected chi connectivity index (χ0v) is 13.6. The molecular weight excluding hydrogens is 302 g/mol. The van der Waals surface area contributed by atoms with Crippen molar-refractivity contribution < 1.29 is 4.74 Å². The number of para-hydroxylation sites is 1. The molecule has 1 aromatic heterocycles. The van der Waals surface area contributed by atoms with Gasteiger partial charge in [0.25, 0.3) is 5.56 Å². The van der Waals surface area contributed by atoms with Crippen LogP contribution in [-0.2, 0) is 0 Å². The van der Waals surface area contributed by atoms with Gasteiger partial charge in [-0.1, -0.05) is 25.5 Å². The first-order valence-electron chi connectivity index (χ1n) is 8.01. The SMILES string of the molecule is CCCCOc1ccc(/C=N\n2cnc3ccccc3c2=O)cc1. The van der Waals surface area contributed by atoms with E-state index in [1.54, 1.807) is 12.3 Å². The van der Waals surface area contributed by atoms with Gasteiger partial charge in [0, 0.05) is 0 Å². The molecule has 0 N–H and O–H groups in total. The summed E-state index contributed by atoms with van der Waals surface area (Å²) in [5, 5.41) is 4.76. The number of benzene rings is 2. The Morgan fingerprint density at radius 3 is 2.75 bits per heavy atom. The predicted molar refractivity (Wildman–Crippen MR) is 95.8 cm³/mol. The predicted octanol–water partition coefficient (Wildman–Crippen LogP) is 3.46. The van der Waals surface area contributed by atoms with Crippen molar-refractivity contribution in [2.45, 2.75) is 19.8 Å². The summed E-state index contributed by atoms with van der Waals surface area (Å²) in [6.45, 7) is 2.86. The molecule has 5 nitrogen and oxygen atoms in total. The van der Waals surface area contributed by atoms with Crippen LogP contribution in [0.15, 0.2) is 64.8 Å². The van der Waals surface area contributed by atoms with E-state index in [1.807, 2.05) is 42.5 Å². The first-order chi connectivity index (χ1) is 11.8. The van der Waals surface area contributed by atoms with Crippen LogP contribution >= 0.6 is 0 Å². The first kappa shape index (κ1) is 15.9. The molecule has 1 heterocycles. The highest BCUT2D eigenvalue weighted by Crippen LogP contribution is 2.11. The van der Waals surface area contributed by atoms with Crippen LogP contribution in [0, 0.1) is 0 Å². The monoisotopic (exact) mass is 321 g/mol. The third kappa shape index (κ3) is 3.68. The molecule has 0 radical (unpaired) electrons. The highest BCUT2D eigenvalue weighted by atomic mass is 16.5. The van der Waals surface area contributed by atoms with Crippen molar-refractivity contribution >= 4 is 17.1 Å². The minimum absolute atomic E-state index is 0.184. The van der Waals surface area contributed by atoms with E-state index in [1.165, 1.54) is 11.0 Å². The van der Waals surface area contributed by atoms with Gasteiger partial charge >= 0.3 is 0 Å². The van der Waals surface area contributed by atoms with Gasteiger partial charge < -0.3 is 4.74 Å². The van der Waals surface area contributed by atoms with Gasteiger partial charge in [0.2, 0.25) is 0 Å². The fraction of sp³-hybridized carbons (Fsp3) is 0.211. The van der Waals surface area contributed by atoms with E-state index >= 15 is 0 Å². The Bertz CT molecular complexity index is 898. The van der Waals surface area contributed by atoms with Gasteiger partial charge in [-0.3, -0.25) is 4.79 Å². The molecule has 0 atom stereocenters. The quantitative estimate of drug-likeness (QED) is 0.516. The molecule has 0 aliphatic rings. The van der Waals surface area contributed by atoms with Crippen LogP contribution in [0.25, 0.3) is 10.9 Å². The fourth-order valence-corrected chi connectivity index (χ4v) is 2.26. The fourth-order valence-electron chi connectivity index (χ4n) is 2.26. The summed E-state index contributed by atoms with van der Waals surface area (Å²) in [6, 6.07) is 14.8. The average molecular weight is 321 g/mol. The minimum Gasteiger partial charge on any atom is -0.494 e. The topological polar surface area (TPSA) is 56.5 Å². The lowest BCUT2D eigenvalue weighted by Gasteiger charge is -2.05. The number of fused-ring (bicyclic) bond motifs is 1. The van der Waals surface area contributed by atoms with Crippen LogP contribution in [0.2, 0.25) is 0 Å². The Morgan fingerprint density at radius 1 is 1.17 bits per heavy atom. The van der Waals surface area contributed by atoms with E-state index in [0.717, 1.165) is 30.8 Å². The molecule has 24 heavy (non-hydrogen) atoms. The highest BCUT2D eigenvalue weighted by molar-refractivity contribution is 5.80. The number of hydrogen-bond acceptors (Lipinski definition) is 4. The van der Waals surface area contributed by atoms with Crippen LogP contribution in [0.3, 0.4) is 0 Å². The van der Waals surface area contributed by atoms with Crippen LogP contribution in [0.4, 0.5) is 0 Å². The largest absolute Gasteiger partial charge is 0.494 e. The molecule has 3 aromatic rings. The van der Waals surface area contributed by atoms with Gasteiger partial charge in [-0.25, -0.2) is 4.98 Å². The number of hydrogen-bond donors (Lipinski definition) is 0.